The predicted octanol–water partition coefficient (Wildman–Crippen LogP) is 0.278. The van der Waals surface area contributed by atoms with Gasteiger partial charge in [-0.1, -0.05) is 0 Å². The molecule has 0 aromatic carbocycles. The molecule has 2 atom stereocenters. The number of amides is 2. The summed E-state index contributed by atoms with van der Waals surface area (Å²) in [5.74, 6) is -0.254. The molecule has 0 bridgehead atoms. The van der Waals surface area contributed by atoms with Gasteiger partial charge in [-0.2, -0.15) is 5.10 Å². The molecule has 0 unspecified atom stereocenters. The maximum atomic E-state index is 12.0. The Morgan fingerprint density at radius 1 is 1.56 bits per heavy atom. The number of ether oxygens (including phenoxy) is 1. The van der Waals surface area contributed by atoms with Crippen molar-refractivity contribution in [2.75, 3.05) is 13.7 Å². The average Bonchev–Trinajstić information content (AvgIpc) is 2.86. The van der Waals surface area contributed by atoms with Crippen LogP contribution in [0.25, 0.3) is 0 Å². The second-order valence-corrected chi connectivity index (χ2v) is 4.78. The monoisotopic (exact) mass is 253 g/mol. The number of hydrogen-bond donors (Lipinski definition) is 1. The Hall–Kier alpha value is -1.43. The molecule has 18 heavy (non-hydrogen) atoms. The van der Waals surface area contributed by atoms with E-state index in [-0.39, 0.29) is 24.0 Å². The van der Waals surface area contributed by atoms with Crippen molar-refractivity contribution in [3.8, 4) is 0 Å². The Morgan fingerprint density at radius 2 is 2.33 bits per heavy atom. The van der Waals surface area contributed by atoms with Crippen LogP contribution in [-0.2, 0) is 14.3 Å². The van der Waals surface area contributed by atoms with Crippen LogP contribution in [0.1, 0.15) is 32.6 Å². The van der Waals surface area contributed by atoms with Crippen LogP contribution < -0.4 is 5.32 Å². The van der Waals surface area contributed by atoms with E-state index in [1.807, 2.05) is 6.92 Å². The number of carbonyl (C=O) groups is 2. The van der Waals surface area contributed by atoms with Crippen LogP contribution in [-0.4, -0.2) is 48.3 Å². The van der Waals surface area contributed by atoms with Gasteiger partial charge in [-0.15, -0.1) is 0 Å². The third-order valence-corrected chi connectivity index (χ3v) is 3.35. The summed E-state index contributed by atoms with van der Waals surface area (Å²) in [6.45, 7) is 2.70. The minimum Gasteiger partial charge on any atom is -0.376 e. The summed E-state index contributed by atoms with van der Waals surface area (Å²) in [5.41, 5.74) is 0.418. The van der Waals surface area contributed by atoms with Crippen LogP contribution in [0.15, 0.2) is 5.10 Å². The molecule has 0 aromatic rings. The van der Waals surface area contributed by atoms with Gasteiger partial charge < -0.3 is 10.1 Å². The Balaban J connectivity index is 1.91. The van der Waals surface area contributed by atoms with Gasteiger partial charge in [0, 0.05) is 26.5 Å². The van der Waals surface area contributed by atoms with Crippen molar-refractivity contribution >= 4 is 17.5 Å². The number of hydrazone groups is 1. The molecule has 0 aliphatic carbocycles. The first-order valence-corrected chi connectivity index (χ1v) is 6.34. The minimum atomic E-state index is -0.197. The molecule has 0 radical (unpaired) electrons. The highest BCUT2D eigenvalue weighted by Gasteiger charge is 2.27. The Morgan fingerprint density at radius 3 is 2.94 bits per heavy atom. The average molecular weight is 253 g/mol. The molecule has 2 rings (SSSR count). The van der Waals surface area contributed by atoms with Crippen LogP contribution in [0.2, 0.25) is 0 Å². The van der Waals surface area contributed by atoms with E-state index in [9.17, 15) is 9.59 Å². The number of nitrogens with one attached hydrogen (secondary N) is 1. The lowest BCUT2D eigenvalue weighted by Crippen LogP contribution is -2.45. The number of hydrogen-bond acceptors (Lipinski definition) is 4. The Kier molecular flexibility index (Phi) is 3.96. The molecule has 0 saturated carbocycles. The van der Waals surface area contributed by atoms with Crippen molar-refractivity contribution in [3.63, 3.8) is 0 Å². The molecule has 100 valence electrons. The van der Waals surface area contributed by atoms with Crippen molar-refractivity contribution in [1.29, 1.82) is 0 Å². The number of nitrogens with zero attached hydrogens (tertiary/aromatic N) is 2. The standard InChI is InChI=1S/C12H19N3O3/c1-8(10-4-3-7-18-10)13-12(17)9-5-6-11(16)15(2)14-9/h8,10H,3-7H2,1-2H3,(H,13,17)/t8-,10-/m0/s1. The SMILES string of the molecule is C[C@H](NC(=O)C1=NN(C)C(=O)CC1)[C@@H]1CCCO1. The fourth-order valence-corrected chi connectivity index (χ4v) is 2.21. The van der Waals surface area contributed by atoms with Crippen LogP contribution >= 0.6 is 0 Å². The summed E-state index contributed by atoms with van der Waals surface area (Å²) < 4.78 is 5.52. The zero-order chi connectivity index (χ0) is 13.1. The Bertz CT molecular complexity index is 375. The van der Waals surface area contributed by atoms with E-state index in [4.69, 9.17) is 4.74 Å². The highest BCUT2D eigenvalue weighted by atomic mass is 16.5. The molecule has 0 spiro atoms. The lowest BCUT2D eigenvalue weighted by atomic mass is 10.1. The van der Waals surface area contributed by atoms with Gasteiger partial charge in [0.1, 0.15) is 5.71 Å². The number of rotatable bonds is 3. The third-order valence-electron chi connectivity index (χ3n) is 3.35. The highest BCUT2D eigenvalue weighted by Crippen LogP contribution is 2.15. The second-order valence-electron chi connectivity index (χ2n) is 4.78. The normalized spacial score (nSPS) is 25.9. The summed E-state index contributed by atoms with van der Waals surface area (Å²) in [4.78, 5) is 23.2. The lowest BCUT2D eigenvalue weighted by molar-refractivity contribution is -0.130. The highest BCUT2D eigenvalue weighted by molar-refractivity contribution is 6.39. The fourth-order valence-electron chi connectivity index (χ4n) is 2.21. The van der Waals surface area contributed by atoms with Gasteiger partial charge in [-0.25, -0.2) is 5.01 Å². The van der Waals surface area contributed by atoms with E-state index in [0.29, 0.717) is 18.6 Å². The minimum absolute atomic E-state index is 0.0226. The maximum absolute atomic E-state index is 12.0. The summed E-state index contributed by atoms with van der Waals surface area (Å²) in [5, 5.41) is 8.12. The van der Waals surface area contributed by atoms with Gasteiger partial charge in [-0.3, -0.25) is 9.59 Å². The zero-order valence-corrected chi connectivity index (χ0v) is 10.8. The van der Waals surface area contributed by atoms with Gasteiger partial charge in [0.2, 0.25) is 5.91 Å². The topological polar surface area (TPSA) is 71.0 Å². The van der Waals surface area contributed by atoms with Gasteiger partial charge in [0.15, 0.2) is 0 Å². The largest absolute Gasteiger partial charge is 0.376 e. The number of carbonyl (C=O) groups excluding carboxylic acids is 2. The van der Waals surface area contributed by atoms with Crippen molar-refractivity contribution in [2.45, 2.75) is 44.8 Å². The zero-order valence-electron chi connectivity index (χ0n) is 10.8. The van der Waals surface area contributed by atoms with E-state index in [0.717, 1.165) is 19.4 Å². The molecule has 2 heterocycles. The van der Waals surface area contributed by atoms with Gasteiger partial charge in [-0.05, 0) is 19.8 Å². The van der Waals surface area contributed by atoms with Crippen molar-refractivity contribution in [2.24, 2.45) is 5.10 Å². The lowest BCUT2D eigenvalue weighted by Gasteiger charge is -2.23. The van der Waals surface area contributed by atoms with E-state index in [1.165, 1.54) is 5.01 Å². The molecule has 2 amide bonds. The molecule has 6 nitrogen and oxygen atoms in total. The molecule has 6 heteroatoms. The molecular weight excluding hydrogens is 234 g/mol. The van der Waals surface area contributed by atoms with Crippen LogP contribution in [0.4, 0.5) is 0 Å². The molecule has 1 N–H and O–H groups in total. The van der Waals surface area contributed by atoms with Gasteiger partial charge in [0.25, 0.3) is 5.91 Å². The van der Waals surface area contributed by atoms with Gasteiger partial charge >= 0.3 is 0 Å². The molecule has 1 fully saturated rings. The maximum Gasteiger partial charge on any atom is 0.267 e. The summed E-state index contributed by atoms with van der Waals surface area (Å²) >= 11 is 0. The summed E-state index contributed by atoms with van der Waals surface area (Å²) in [6, 6.07) is -0.0226. The van der Waals surface area contributed by atoms with E-state index < -0.39 is 0 Å². The predicted molar refractivity (Wildman–Crippen MR) is 66.0 cm³/mol. The quantitative estimate of drug-likeness (QED) is 0.785. The first-order valence-electron chi connectivity index (χ1n) is 6.34. The summed E-state index contributed by atoms with van der Waals surface area (Å²) in [7, 11) is 1.57. The van der Waals surface area contributed by atoms with E-state index >= 15 is 0 Å². The smallest absolute Gasteiger partial charge is 0.267 e. The van der Waals surface area contributed by atoms with Crippen molar-refractivity contribution in [3.05, 3.63) is 0 Å². The molecule has 2 aliphatic heterocycles. The fraction of sp³-hybridized carbons (Fsp3) is 0.750. The van der Waals surface area contributed by atoms with Crippen LogP contribution in [0.5, 0.6) is 0 Å². The first kappa shape index (κ1) is 13.0. The van der Waals surface area contributed by atoms with Gasteiger partial charge in [0.05, 0.1) is 12.1 Å². The Labute approximate surface area is 106 Å². The molecule has 2 aliphatic rings. The van der Waals surface area contributed by atoms with Crippen molar-refractivity contribution < 1.29 is 14.3 Å². The summed E-state index contributed by atoms with van der Waals surface area (Å²) in [6.07, 6.45) is 2.87. The first-order chi connectivity index (χ1) is 8.58. The van der Waals surface area contributed by atoms with Crippen LogP contribution in [0.3, 0.4) is 0 Å². The van der Waals surface area contributed by atoms with E-state index in [1.54, 1.807) is 7.05 Å². The molecular formula is C12H19N3O3. The van der Waals surface area contributed by atoms with Crippen molar-refractivity contribution in [1.82, 2.24) is 10.3 Å². The van der Waals surface area contributed by atoms with E-state index in [2.05, 4.69) is 10.4 Å². The molecule has 0 aromatic heterocycles. The molecule has 1 saturated heterocycles. The second kappa shape index (κ2) is 5.48. The third kappa shape index (κ3) is 2.87. The van der Waals surface area contributed by atoms with Crippen LogP contribution in [0, 0.1) is 0 Å².